The quantitative estimate of drug-likeness (QED) is 0.787. The van der Waals surface area contributed by atoms with E-state index < -0.39 is 0 Å². The van der Waals surface area contributed by atoms with E-state index in [1.165, 1.54) is 18.4 Å². The molecule has 0 aliphatic carbocycles. The summed E-state index contributed by atoms with van der Waals surface area (Å²) in [5, 5.41) is 0. The van der Waals surface area contributed by atoms with E-state index in [0.29, 0.717) is 13.0 Å². The van der Waals surface area contributed by atoms with E-state index >= 15 is 0 Å². The number of nitrogens with zero attached hydrogens (tertiary/aromatic N) is 1. The van der Waals surface area contributed by atoms with Crippen molar-refractivity contribution in [2.75, 3.05) is 19.7 Å². The van der Waals surface area contributed by atoms with Crippen LogP contribution in [0.5, 0.6) is 5.75 Å². The lowest BCUT2D eigenvalue weighted by Gasteiger charge is -2.27. The van der Waals surface area contributed by atoms with Crippen molar-refractivity contribution in [3.05, 3.63) is 29.8 Å². The summed E-state index contributed by atoms with van der Waals surface area (Å²) in [6, 6.07) is 8.42. The molecule has 1 aliphatic heterocycles. The number of carbonyl (C=O) groups excluding carboxylic acids is 1. The van der Waals surface area contributed by atoms with E-state index in [-0.39, 0.29) is 11.8 Å². The Morgan fingerprint density at radius 3 is 2.42 bits per heavy atom. The lowest BCUT2D eigenvalue weighted by Crippen LogP contribution is -2.27. The molecule has 1 aliphatic rings. The third-order valence-corrected chi connectivity index (χ3v) is 3.64. The fourth-order valence-electron chi connectivity index (χ4n) is 2.74. The van der Waals surface area contributed by atoms with E-state index in [2.05, 4.69) is 17.0 Å². The van der Waals surface area contributed by atoms with E-state index in [9.17, 15) is 4.79 Å². The zero-order valence-electron chi connectivity index (χ0n) is 11.9. The molecular weight excluding hydrogens is 238 g/mol. The van der Waals surface area contributed by atoms with Crippen molar-refractivity contribution < 1.29 is 9.53 Å². The molecule has 19 heavy (non-hydrogen) atoms. The van der Waals surface area contributed by atoms with Crippen molar-refractivity contribution in [3.63, 3.8) is 0 Å². The van der Waals surface area contributed by atoms with Crippen molar-refractivity contribution in [2.45, 2.75) is 39.2 Å². The smallest absolute Gasteiger partial charge is 0.131 e. The Labute approximate surface area is 115 Å². The van der Waals surface area contributed by atoms with Gasteiger partial charge in [-0.3, -0.25) is 9.69 Å². The third kappa shape index (κ3) is 3.80. The number of Topliss-reactive ketones (excluding diaryl/α,β-unsaturated/α-hetero) is 1. The van der Waals surface area contributed by atoms with Crippen LogP contribution >= 0.6 is 0 Å². The largest absolute Gasteiger partial charge is 0.494 e. The second-order valence-electron chi connectivity index (χ2n) is 5.17. The Balaban J connectivity index is 2.14. The van der Waals surface area contributed by atoms with Gasteiger partial charge >= 0.3 is 0 Å². The maximum Gasteiger partial charge on any atom is 0.131 e. The molecule has 0 aromatic heterocycles. The summed E-state index contributed by atoms with van der Waals surface area (Å²) in [6.45, 7) is 6.55. The molecule has 0 amide bonds. The Hall–Kier alpha value is -1.35. The number of ether oxygens (including phenoxy) is 1. The molecule has 1 atom stereocenters. The SMILES string of the molecule is CCOc1ccc(C(CC(C)=O)N2CCCC2)cc1. The van der Waals surface area contributed by atoms with Crippen LogP contribution in [-0.4, -0.2) is 30.4 Å². The number of carbonyl (C=O) groups is 1. The Morgan fingerprint density at radius 1 is 1.26 bits per heavy atom. The summed E-state index contributed by atoms with van der Waals surface area (Å²) in [5.74, 6) is 1.15. The van der Waals surface area contributed by atoms with Gasteiger partial charge < -0.3 is 4.74 Å². The molecule has 3 nitrogen and oxygen atoms in total. The van der Waals surface area contributed by atoms with Gasteiger partial charge in [-0.2, -0.15) is 0 Å². The topological polar surface area (TPSA) is 29.5 Å². The van der Waals surface area contributed by atoms with Gasteiger partial charge in [-0.05, 0) is 57.5 Å². The zero-order chi connectivity index (χ0) is 13.7. The molecule has 0 N–H and O–H groups in total. The average Bonchev–Trinajstić information content (AvgIpc) is 2.91. The van der Waals surface area contributed by atoms with Crippen LogP contribution < -0.4 is 4.74 Å². The first-order valence-corrected chi connectivity index (χ1v) is 7.17. The van der Waals surface area contributed by atoms with Gasteiger partial charge in [0.1, 0.15) is 11.5 Å². The Kier molecular flexibility index (Phi) is 4.97. The van der Waals surface area contributed by atoms with Crippen molar-refractivity contribution in [2.24, 2.45) is 0 Å². The summed E-state index contributed by atoms with van der Waals surface area (Å²) < 4.78 is 5.47. The van der Waals surface area contributed by atoms with Gasteiger partial charge in [-0.1, -0.05) is 12.1 Å². The molecule has 1 unspecified atom stereocenters. The second kappa shape index (κ2) is 6.71. The van der Waals surface area contributed by atoms with Crippen LogP contribution in [0.2, 0.25) is 0 Å². The van der Waals surface area contributed by atoms with Crippen LogP contribution in [0.4, 0.5) is 0 Å². The van der Waals surface area contributed by atoms with Crippen LogP contribution in [0.3, 0.4) is 0 Å². The number of likely N-dealkylation sites (tertiary alicyclic amines) is 1. The molecular formula is C16H23NO2. The first kappa shape index (κ1) is 14.1. The monoisotopic (exact) mass is 261 g/mol. The molecule has 0 spiro atoms. The molecule has 104 valence electrons. The van der Waals surface area contributed by atoms with E-state index in [1.807, 2.05) is 19.1 Å². The Bertz CT molecular complexity index is 407. The molecule has 0 saturated carbocycles. The summed E-state index contributed by atoms with van der Waals surface area (Å²) in [5.41, 5.74) is 1.22. The highest BCUT2D eigenvalue weighted by Crippen LogP contribution is 2.29. The molecule has 1 aromatic carbocycles. The van der Waals surface area contributed by atoms with Gasteiger partial charge in [-0.15, -0.1) is 0 Å². The van der Waals surface area contributed by atoms with Gasteiger partial charge in [0.25, 0.3) is 0 Å². The third-order valence-electron chi connectivity index (χ3n) is 3.64. The number of ketones is 1. The maximum atomic E-state index is 11.5. The molecule has 0 radical (unpaired) electrons. The van der Waals surface area contributed by atoms with Gasteiger partial charge in [-0.25, -0.2) is 0 Å². The predicted molar refractivity (Wildman–Crippen MR) is 76.5 cm³/mol. The molecule has 1 saturated heterocycles. The highest BCUT2D eigenvalue weighted by atomic mass is 16.5. The lowest BCUT2D eigenvalue weighted by molar-refractivity contribution is -0.118. The van der Waals surface area contributed by atoms with Crippen LogP contribution in [0.1, 0.15) is 44.7 Å². The highest BCUT2D eigenvalue weighted by Gasteiger charge is 2.24. The standard InChI is InChI=1S/C16H23NO2/c1-3-19-15-8-6-14(7-9-15)16(12-13(2)18)17-10-4-5-11-17/h6-9,16H,3-5,10-12H2,1-2H3. The number of hydrogen-bond donors (Lipinski definition) is 0. The van der Waals surface area contributed by atoms with Crippen molar-refractivity contribution in [1.29, 1.82) is 0 Å². The van der Waals surface area contributed by atoms with E-state index in [1.54, 1.807) is 6.92 Å². The van der Waals surface area contributed by atoms with Crippen molar-refractivity contribution in [3.8, 4) is 5.75 Å². The van der Waals surface area contributed by atoms with Gasteiger partial charge in [0, 0.05) is 12.5 Å². The van der Waals surface area contributed by atoms with Crippen LogP contribution in [0, 0.1) is 0 Å². The summed E-state index contributed by atoms with van der Waals surface area (Å²) in [4.78, 5) is 13.9. The molecule has 1 fully saturated rings. The summed E-state index contributed by atoms with van der Waals surface area (Å²) in [6.07, 6.45) is 3.09. The average molecular weight is 261 g/mol. The normalized spacial score (nSPS) is 17.4. The maximum absolute atomic E-state index is 11.5. The lowest BCUT2D eigenvalue weighted by atomic mass is 10.0. The minimum absolute atomic E-state index is 0.232. The fraction of sp³-hybridized carbons (Fsp3) is 0.562. The second-order valence-corrected chi connectivity index (χ2v) is 5.17. The minimum Gasteiger partial charge on any atom is -0.494 e. The molecule has 1 heterocycles. The summed E-state index contributed by atoms with van der Waals surface area (Å²) in [7, 11) is 0. The molecule has 1 aromatic rings. The van der Waals surface area contributed by atoms with Crippen LogP contribution in [0.15, 0.2) is 24.3 Å². The first-order chi connectivity index (χ1) is 9.20. The molecule has 0 bridgehead atoms. The summed E-state index contributed by atoms with van der Waals surface area (Å²) >= 11 is 0. The van der Waals surface area contributed by atoms with Crippen molar-refractivity contribution >= 4 is 5.78 Å². The minimum atomic E-state index is 0.232. The van der Waals surface area contributed by atoms with E-state index in [0.717, 1.165) is 18.8 Å². The Morgan fingerprint density at radius 2 is 1.89 bits per heavy atom. The molecule has 3 heteroatoms. The highest BCUT2D eigenvalue weighted by molar-refractivity contribution is 5.76. The predicted octanol–water partition coefficient (Wildman–Crippen LogP) is 3.20. The van der Waals surface area contributed by atoms with Gasteiger partial charge in [0.2, 0.25) is 0 Å². The van der Waals surface area contributed by atoms with Gasteiger partial charge in [0.05, 0.1) is 6.61 Å². The number of rotatable bonds is 6. The van der Waals surface area contributed by atoms with Gasteiger partial charge in [0.15, 0.2) is 0 Å². The van der Waals surface area contributed by atoms with E-state index in [4.69, 9.17) is 4.74 Å². The molecule has 2 rings (SSSR count). The fourth-order valence-corrected chi connectivity index (χ4v) is 2.74. The van der Waals surface area contributed by atoms with Crippen LogP contribution in [-0.2, 0) is 4.79 Å². The van der Waals surface area contributed by atoms with Crippen LogP contribution in [0.25, 0.3) is 0 Å². The number of benzene rings is 1. The zero-order valence-corrected chi connectivity index (χ0v) is 11.9. The van der Waals surface area contributed by atoms with Crippen molar-refractivity contribution in [1.82, 2.24) is 4.90 Å². The first-order valence-electron chi connectivity index (χ1n) is 7.17. The number of hydrogen-bond acceptors (Lipinski definition) is 3.